The van der Waals surface area contributed by atoms with Gasteiger partial charge in [-0.15, -0.1) is 0 Å². The third-order valence-electron chi connectivity index (χ3n) is 5.00. The number of benzene rings is 3. The molecule has 0 saturated heterocycles. The molecule has 3 aromatic rings. The highest BCUT2D eigenvalue weighted by molar-refractivity contribution is 6.07. The van der Waals surface area contributed by atoms with Crippen molar-refractivity contribution < 1.29 is 28.2 Å². The van der Waals surface area contributed by atoms with E-state index >= 15 is 0 Å². The maximum Gasteiger partial charge on any atom is 0.341 e. The summed E-state index contributed by atoms with van der Waals surface area (Å²) < 4.78 is 39.2. The highest BCUT2D eigenvalue weighted by atomic mass is 19.1. The highest BCUT2D eigenvalue weighted by Gasteiger charge is 2.43. The average molecular weight is 434 g/mol. The molecule has 0 saturated carbocycles. The molecule has 6 heteroatoms. The van der Waals surface area contributed by atoms with Crippen LogP contribution in [0.15, 0.2) is 84.4 Å². The quantitative estimate of drug-likeness (QED) is 0.537. The van der Waals surface area contributed by atoms with E-state index in [1.165, 1.54) is 49.4 Å². The third kappa shape index (κ3) is 4.45. The van der Waals surface area contributed by atoms with E-state index in [4.69, 9.17) is 9.47 Å². The van der Waals surface area contributed by atoms with Gasteiger partial charge in [0.25, 0.3) is 0 Å². The minimum atomic E-state index is -2.00. The van der Waals surface area contributed by atoms with Crippen molar-refractivity contribution >= 4 is 17.6 Å². The Morgan fingerprint density at radius 3 is 2.50 bits per heavy atom. The summed E-state index contributed by atoms with van der Waals surface area (Å²) in [6.45, 7) is 1.39. The van der Waals surface area contributed by atoms with E-state index < -0.39 is 23.4 Å². The Balaban J connectivity index is 1.78. The normalized spacial score (nSPS) is 18.3. The molecule has 0 amide bonds. The minimum absolute atomic E-state index is 0.0226. The second-order valence-corrected chi connectivity index (χ2v) is 7.44. The molecule has 4 nitrogen and oxygen atoms in total. The molecule has 0 spiro atoms. The van der Waals surface area contributed by atoms with Gasteiger partial charge in [0, 0.05) is 18.1 Å². The van der Waals surface area contributed by atoms with Gasteiger partial charge in [-0.3, -0.25) is 0 Å². The zero-order chi connectivity index (χ0) is 22.7. The molecule has 1 atom stereocenters. The fourth-order valence-corrected chi connectivity index (χ4v) is 3.56. The van der Waals surface area contributed by atoms with Crippen molar-refractivity contribution in [2.24, 2.45) is 0 Å². The highest BCUT2D eigenvalue weighted by Crippen LogP contribution is 2.43. The first-order valence-electron chi connectivity index (χ1n) is 9.95. The van der Waals surface area contributed by atoms with Gasteiger partial charge in [0.1, 0.15) is 12.4 Å². The van der Waals surface area contributed by atoms with E-state index in [0.717, 1.165) is 5.56 Å². The second kappa shape index (κ2) is 8.77. The zero-order valence-electron chi connectivity index (χ0n) is 17.2. The van der Waals surface area contributed by atoms with E-state index in [1.807, 2.05) is 30.3 Å². The molecule has 1 heterocycles. The summed E-state index contributed by atoms with van der Waals surface area (Å²) in [5.74, 6) is -3.96. The molecular formula is C26H20F2O4. The van der Waals surface area contributed by atoms with E-state index in [2.05, 4.69) is 0 Å². The molecule has 1 unspecified atom stereocenters. The first-order chi connectivity index (χ1) is 15.3. The van der Waals surface area contributed by atoms with Crippen LogP contribution in [0.1, 0.15) is 23.6 Å². The molecule has 1 N–H and O–H groups in total. The van der Waals surface area contributed by atoms with Crippen LogP contribution in [0.25, 0.3) is 11.6 Å². The van der Waals surface area contributed by atoms with Crippen LogP contribution in [0.2, 0.25) is 0 Å². The van der Waals surface area contributed by atoms with Crippen LogP contribution in [0.3, 0.4) is 0 Å². The lowest BCUT2D eigenvalue weighted by Crippen LogP contribution is -2.26. The molecule has 1 aliphatic rings. The maximum absolute atomic E-state index is 14.8. The topological polar surface area (TPSA) is 55.8 Å². The zero-order valence-corrected chi connectivity index (χ0v) is 17.2. The van der Waals surface area contributed by atoms with Crippen LogP contribution in [0.4, 0.5) is 8.78 Å². The summed E-state index contributed by atoms with van der Waals surface area (Å²) in [5.41, 5.74) is 1.62. The second-order valence-electron chi connectivity index (χ2n) is 7.44. The van der Waals surface area contributed by atoms with Crippen molar-refractivity contribution in [3.05, 3.63) is 113 Å². The number of carbonyl (C=O) groups is 1. The number of ether oxygens (including phenoxy) is 2. The molecule has 32 heavy (non-hydrogen) atoms. The minimum Gasteiger partial charge on any atom is -0.485 e. The number of halogens is 2. The summed E-state index contributed by atoms with van der Waals surface area (Å²) in [5, 5.41) is 10.8. The van der Waals surface area contributed by atoms with Gasteiger partial charge in [-0.25, -0.2) is 13.6 Å². The Bertz CT molecular complexity index is 1210. The number of para-hydroxylation sites is 1. The van der Waals surface area contributed by atoms with Crippen molar-refractivity contribution in [3.63, 3.8) is 0 Å². The number of hydrogen-bond acceptors (Lipinski definition) is 4. The van der Waals surface area contributed by atoms with Crippen molar-refractivity contribution in [1.82, 2.24) is 0 Å². The molecule has 4 rings (SSSR count). The molecule has 3 aromatic carbocycles. The third-order valence-corrected chi connectivity index (χ3v) is 5.00. The Labute approximate surface area is 184 Å². The number of aliphatic hydroxyl groups is 1. The summed E-state index contributed by atoms with van der Waals surface area (Å²) in [6.07, 6.45) is 2.94. The first kappa shape index (κ1) is 21.5. The van der Waals surface area contributed by atoms with E-state index in [9.17, 15) is 18.7 Å². The fraction of sp³-hybridized carbons (Fsp3) is 0.115. The molecule has 0 aliphatic carbocycles. The van der Waals surface area contributed by atoms with Crippen molar-refractivity contribution in [2.45, 2.75) is 19.3 Å². The first-order valence-corrected chi connectivity index (χ1v) is 9.95. The van der Waals surface area contributed by atoms with Crippen LogP contribution in [0.5, 0.6) is 5.75 Å². The molecule has 0 radical (unpaired) electrons. The van der Waals surface area contributed by atoms with Gasteiger partial charge in [-0.05, 0) is 35.4 Å². The van der Waals surface area contributed by atoms with Gasteiger partial charge in [0.15, 0.2) is 11.6 Å². The van der Waals surface area contributed by atoms with Gasteiger partial charge in [0.05, 0.1) is 5.57 Å². The van der Waals surface area contributed by atoms with Gasteiger partial charge >= 0.3 is 5.97 Å². The number of rotatable bonds is 6. The molecular weight excluding hydrogens is 414 g/mol. The van der Waals surface area contributed by atoms with Crippen LogP contribution in [-0.2, 0) is 16.1 Å². The van der Waals surface area contributed by atoms with Gasteiger partial charge in [-0.1, -0.05) is 60.7 Å². The van der Waals surface area contributed by atoms with Crippen LogP contribution in [-0.4, -0.2) is 16.9 Å². The maximum atomic E-state index is 14.8. The van der Waals surface area contributed by atoms with E-state index in [1.54, 1.807) is 12.1 Å². The van der Waals surface area contributed by atoms with Crippen LogP contribution >= 0.6 is 0 Å². The lowest BCUT2D eigenvalue weighted by atomic mass is 9.94. The van der Waals surface area contributed by atoms with Gasteiger partial charge < -0.3 is 14.6 Å². The number of carbonyl (C=O) groups excluding carboxylic acids is 1. The molecule has 0 aromatic heterocycles. The fourth-order valence-electron chi connectivity index (χ4n) is 3.56. The predicted molar refractivity (Wildman–Crippen MR) is 116 cm³/mol. The average Bonchev–Trinajstić information content (AvgIpc) is 2.99. The van der Waals surface area contributed by atoms with Crippen molar-refractivity contribution in [2.75, 3.05) is 0 Å². The van der Waals surface area contributed by atoms with E-state index in [-0.39, 0.29) is 29.1 Å². The van der Waals surface area contributed by atoms with Gasteiger partial charge in [0.2, 0.25) is 5.79 Å². The molecule has 0 bridgehead atoms. The van der Waals surface area contributed by atoms with E-state index in [0.29, 0.717) is 5.56 Å². The smallest absolute Gasteiger partial charge is 0.341 e. The Kier molecular flexibility index (Phi) is 5.88. The molecule has 162 valence electrons. The number of cyclic esters (lactones) is 1. The standard InChI is InChI=1S/C26H20F2O4/c1-26(30)23(21(25(29)32-26)14-13-17-9-5-10-19(27)15-17)20-11-6-12-22(28)24(20)31-16-18-7-3-2-4-8-18/h2-15,30H,16H2,1H3. The summed E-state index contributed by atoms with van der Waals surface area (Å²) in [7, 11) is 0. The largest absolute Gasteiger partial charge is 0.485 e. The summed E-state index contributed by atoms with van der Waals surface area (Å²) in [4.78, 5) is 12.5. The number of esters is 1. The summed E-state index contributed by atoms with van der Waals surface area (Å²) >= 11 is 0. The van der Waals surface area contributed by atoms with Gasteiger partial charge in [-0.2, -0.15) is 0 Å². The molecule has 0 fully saturated rings. The van der Waals surface area contributed by atoms with Crippen LogP contribution in [0, 0.1) is 11.6 Å². The lowest BCUT2D eigenvalue weighted by molar-refractivity contribution is -0.170. The van der Waals surface area contributed by atoms with Crippen LogP contribution < -0.4 is 4.74 Å². The Hall–Kier alpha value is -3.77. The Morgan fingerprint density at radius 2 is 1.75 bits per heavy atom. The predicted octanol–water partition coefficient (Wildman–Crippen LogP) is 5.28. The number of hydrogen-bond donors (Lipinski definition) is 1. The van der Waals surface area contributed by atoms with Crippen molar-refractivity contribution in [3.8, 4) is 5.75 Å². The SMILES string of the molecule is CC1(O)OC(=O)C(C=Cc2cccc(F)c2)=C1c1cccc(F)c1OCc1ccccc1. The Morgan fingerprint density at radius 1 is 1.00 bits per heavy atom. The molecule has 1 aliphatic heterocycles. The lowest BCUT2D eigenvalue weighted by Gasteiger charge is -2.22. The van der Waals surface area contributed by atoms with Crippen molar-refractivity contribution in [1.29, 1.82) is 0 Å². The monoisotopic (exact) mass is 434 g/mol. The summed E-state index contributed by atoms with van der Waals surface area (Å²) in [6, 6.07) is 19.3.